The van der Waals surface area contributed by atoms with Crippen molar-refractivity contribution in [3.8, 4) is 11.8 Å². The lowest BCUT2D eigenvalue weighted by molar-refractivity contribution is 0.217. The van der Waals surface area contributed by atoms with Crippen molar-refractivity contribution in [2.24, 2.45) is 5.73 Å². The predicted octanol–water partition coefficient (Wildman–Crippen LogP) is 0.693. The Morgan fingerprint density at radius 1 is 1.42 bits per heavy atom. The number of hydrogen-bond acceptors (Lipinski definition) is 4. The van der Waals surface area contributed by atoms with E-state index >= 15 is 0 Å². The zero-order valence-electron chi connectivity index (χ0n) is 11.1. The smallest absolute Gasteiger partial charge is 0.235 e. The number of anilines is 1. The van der Waals surface area contributed by atoms with Gasteiger partial charge in [0.05, 0.1) is 24.6 Å². The zero-order chi connectivity index (χ0) is 14.3. The van der Waals surface area contributed by atoms with Crippen LogP contribution in [0.2, 0.25) is 0 Å². The van der Waals surface area contributed by atoms with Gasteiger partial charge in [-0.25, -0.2) is 8.42 Å². The van der Waals surface area contributed by atoms with E-state index in [1.165, 1.54) is 7.11 Å². The number of aryl methyl sites for hydroxylation is 1. The Hall–Kier alpha value is -1.55. The van der Waals surface area contributed by atoms with Crippen LogP contribution in [-0.2, 0) is 14.8 Å². The first-order chi connectivity index (χ1) is 8.98. The second-order valence-corrected chi connectivity index (χ2v) is 5.81. The number of methoxy groups -OCH3 is 1. The molecule has 0 radical (unpaired) electrons. The third-order valence-electron chi connectivity index (χ3n) is 2.32. The van der Waals surface area contributed by atoms with E-state index in [4.69, 9.17) is 10.5 Å². The van der Waals surface area contributed by atoms with Gasteiger partial charge in [0.2, 0.25) is 10.0 Å². The molecule has 0 spiro atoms. The fourth-order valence-corrected chi connectivity index (χ4v) is 2.41. The molecule has 0 bridgehead atoms. The molecule has 5 nitrogen and oxygen atoms in total. The van der Waals surface area contributed by atoms with Crippen molar-refractivity contribution in [2.75, 3.05) is 30.7 Å². The highest BCUT2D eigenvalue weighted by atomic mass is 32.2. The number of rotatable bonds is 5. The molecule has 0 aliphatic heterocycles. The molecule has 0 saturated heterocycles. The van der Waals surface area contributed by atoms with Crippen molar-refractivity contribution < 1.29 is 13.2 Å². The molecule has 1 rings (SSSR count). The average molecular weight is 282 g/mol. The van der Waals surface area contributed by atoms with E-state index in [1.54, 1.807) is 6.07 Å². The van der Waals surface area contributed by atoms with Crippen molar-refractivity contribution in [3.63, 3.8) is 0 Å². The molecular formula is C13H18N2O3S. The Kier molecular flexibility index (Phi) is 5.83. The Balaban J connectivity index is 3.00. The summed E-state index contributed by atoms with van der Waals surface area (Å²) < 4.78 is 30.9. The molecule has 0 aliphatic carbocycles. The normalized spacial score (nSPS) is 10.7. The number of nitrogens with one attached hydrogen (secondary N) is 1. The van der Waals surface area contributed by atoms with Crippen LogP contribution in [0.25, 0.3) is 0 Å². The van der Waals surface area contributed by atoms with Crippen molar-refractivity contribution in [3.05, 3.63) is 29.3 Å². The summed E-state index contributed by atoms with van der Waals surface area (Å²) in [5.74, 6) is 5.48. The van der Waals surface area contributed by atoms with Crippen LogP contribution in [0.15, 0.2) is 18.2 Å². The van der Waals surface area contributed by atoms with Crippen LogP contribution in [0, 0.1) is 18.8 Å². The first kappa shape index (κ1) is 15.5. The second kappa shape index (κ2) is 7.14. The molecular weight excluding hydrogens is 264 g/mol. The summed E-state index contributed by atoms with van der Waals surface area (Å²) in [5, 5.41) is 0. The maximum Gasteiger partial charge on any atom is 0.235 e. The maximum atomic E-state index is 11.8. The highest BCUT2D eigenvalue weighted by Gasteiger charge is 2.12. The lowest BCUT2D eigenvalue weighted by atomic mass is 10.1. The van der Waals surface area contributed by atoms with Gasteiger partial charge in [-0.2, -0.15) is 0 Å². The molecule has 1 aromatic carbocycles. The minimum atomic E-state index is -3.43. The van der Waals surface area contributed by atoms with Crippen molar-refractivity contribution in [1.82, 2.24) is 0 Å². The average Bonchev–Trinajstić information content (AvgIpc) is 2.36. The molecule has 0 aliphatic rings. The van der Waals surface area contributed by atoms with Gasteiger partial charge in [-0.1, -0.05) is 17.9 Å². The highest BCUT2D eigenvalue weighted by molar-refractivity contribution is 7.92. The number of hydrogen-bond donors (Lipinski definition) is 2. The molecule has 6 heteroatoms. The molecule has 19 heavy (non-hydrogen) atoms. The van der Waals surface area contributed by atoms with Crippen molar-refractivity contribution in [2.45, 2.75) is 6.92 Å². The van der Waals surface area contributed by atoms with E-state index in [0.717, 1.165) is 5.56 Å². The summed E-state index contributed by atoms with van der Waals surface area (Å²) in [5.41, 5.74) is 7.41. The predicted molar refractivity (Wildman–Crippen MR) is 76.4 cm³/mol. The van der Waals surface area contributed by atoms with E-state index in [1.807, 2.05) is 19.1 Å². The SMILES string of the molecule is COCCS(=O)(=O)Nc1ccc(C)cc1C#CCN. The molecule has 0 unspecified atom stereocenters. The Bertz CT molecular complexity index is 586. The molecule has 0 fully saturated rings. The van der Waals surface area contributed by atoms with Gasteiger partial charge in [-0.3, -0.25) is 4.72 Å². The number of nitrogens with two attached hydrogens (primary N) is 1. The minimum Gasteiger partial charge on any atom is -0.384 e. The van der Waals surface area contributed by atoms with Gasteiger partial charge in [0.25, 0.3) is 0 Å². The minimum absolute atomic E-state index is 0.0961. The van der Waals surface area contributed by atoms with Crippen LogP contribution in [0.4, 0.5) is 5.69 Å². The van der Waals surface area contributed by atoms with E-state index in [-0.39, 0.29) is 18.9 Å². The fraction of sp³-hybridized carbons (Fsp3) is 0.385. The van der Waals surface area contributed by atoms with Crippen molar-refractivity contribution >= 4 is 15.7 Å². The molecule has 0 amide bonds. The summed E-state index contributed by atoms with van der Waals surface area (Å²) in [6.45, 7) is 2.28. The Morgan fingerprint density at radius 3 is 2.79 bits per heavy atom. The molecule has 1 aromatic rings. The van der Waals surface area contributed by atoms with Gasteiger partial charge >= 0.3 is 0 Å². The van der Waals surface area contributed by atoms with Crippen LogP contribution < -0.4 is 10.5 Å². The third-order valence-corrected chi connectivity index (χ3v) is 3.56. The van der Waals surface area contributed by atoms with Gasteiger partial charge in [0.1, 0.15) is 0 Å². The third kappa shape index (κ3) is 5.30. The molecule has 0 saturated carbocycles. The van der Waals surface area contributed by atoms with E-state index < -0.39 is 10.0 Å². The van der Waals surface area contributed by atoms with E-state index in [0.29, 0.717) is 11.3 Å². The van der Waals surface area contributed by atoms with E-state index in [9.17, 15) is 8.42 Å². The summed E-state index contributed by atoms with van der Waals surface area (Å²) in [6, 6.07) is 5.33. The zero-order valence-corrected chi connectivity index (χ0v) is 11.9. The highest BCUT2D eigenvalue weighted by Crippen LogP contribution is 2.17. The molecule has 0 heterocycles. The van der Waals surface area contributed by atoms with Crippen LogP contribution in [0.1, 0.15) is 11.1 Å². The van der Waals surface area contributed by atoms with E-state index in [2.05, 4.69) is 16.6 Å². The quantitative estimate of drug-likeness (QED) is 0.779. The molecule has 0 atom stereocenters. The number of sulfonamides is 1. The summed E-state index contributed by atoms with van der Waals surface area (Å²) in [4.78, 5) is 0. The Morgan fingerprint density at radius 2 is 2.16 bits per heavy atom. The largest absolute Gasteiger partial charge is 0.384 e. The second-order valence-electron chi connectivity index (χ2n) is 3.97. The van der Waals surface area contributed by atoms with Crippen LogP contribution in [0.5, 0.6) is 0 Å². The lowest BCUT2D eigenvalue weighted by Crippen LogP contribution is -2.20. The summed E-state index contributed by atoms with van der Waals surface area (Å²) >= 11 is 0. The van der Waals surface area contributed by atoms with Crippen LogP contribution in [0.3, 0.4) is 0 Å². The van der Waals surface area contributed by atoms with Crippen molar-refractivity contribution in [1.29, 1.82) is 0 Å². The van der Waals surface area contributed by atoms with Gasteiger partial charge < -0.3 is 10.5 Å². The van der Waals surface area contributed by atoms with Gasteiger partial charge in [0, 0.05) is 12.7 Å². The van der Waals surface area contributed by atoms with Crippen LogP contribution in [-0.4, -0.2) is 34.4 Å². The topological polar surface area (TPSA) is 81.4 Å². The number of benzene rings is 1. The standard InChI is InChI=1S/C13H18N2O3S/c1-11-5-6-13(12(10-11)4-3-7-14)15-19(16,17)9-8-18-2/h5-6,10,15H,7-9,14H2,1-2H3. The monoisotopic (exact) mass is 282 g/mol. The lowest BCUT2D eigenvalue weighted by Gasteiger charge is -2.10. The fourth-order valence-electron chi connectivity index (χ4n) is 1.41. The van der Waals surface area contributed by atoms with Crippen LogP contribution >= 0.6 is 0 Å². The number of ether oxygens (including phenoxy) is 1. The first-order valence-corrected chi connectivity index (χ1v) is 7.43. The summed E-state index contributed by atoms with van der Waals surface area (Å²) in [6.07, 6.45) is 0. The summed E-state index contributed by atoms with van der Waals surface area (Å²) in [7, 11) is -1.97. The Labute approximate surface area is 114 Å². The van der Waals surface area contributed by atoms with Gasteiger partial charge in [-0.05, 0) is 24.6 Å². The van der Waals surface area contributed by atoms with Gasteiger partial charge in [0.15, 0.2) is 0 Å². The first-order valence-electron chi connectivity index (χ1n) is 5.77. The molecule has 0 aromatic heterocycles. The molecule has 104 valence electrons. The maximum absolute atomic E-state index is 11.8. The molecule has 3 N–H and O–H groups in total. The van der Waals surface area contributed by atoms with Gasteiger partial charge in [-0.15, -0.1) is 0 Å².